The molecule has 0 radical (unpaired) electrons. The number of halogens is 1. The summed E-state index contributed by atoms with van der Waals surface area (Å²) in [6, 6.07) is 10.2. The molecule has 0 aliphatic rings. The first kappa shape index (κ1) is 20.8. The average molecular weight is 421 g/mol. The smallest absolute Gasteiger partial charge is 0.339 e. The third kappa shape index (κ3) is 4.10. The van der Waals surface area contributed by atoms with Crippen molar-refractivity contribution in [2.75, 3.05) is 6.54 Å². The minimum absolute atomic E-state index is 0.153. The number of nitrogens with one attached hydrogen (secondary N) is 1. The molecule has 4 rings (SSSR count). The van der Waals surface area contributed by atoms with Crippen molar-refractivity contribution in [1.29, 1.82) is 0 Å². The Morgan fingerprint density at radius 3 is 2.45 bits per heavy atom. The molecule has 0 fully saturated rings. The van der Waals surface area contributed by atoms with Gasteiger partial charge in [-0.3, -0.25) is 4.79 Å². The normalized spacial score (nSPS) is 11.4. The summed E-state index contributed by atoms with van der Waals surface area (Å²) in [5.74, 6) is 0.364. The number of aryl methyl sites for hydroxylation is 3. The van der Waals surface area contributed by atoms with Crippen molar-refractivity contribution in [3.8, 4) is 0 Å². The Bertz CT molecular complexity index is 1350. The van der Waals surface area contributed by atoms with Crippen LogP contribution in [0.4, 0.5) is 4.39 Å². The highest BCUT2D eigenvalue weighted by Gasteiger charge is 2.16. The van der Waals surface area contributed by atoms with E-state index in [0.29, 0.717) is 35.3 Å². The van der Waals surface area contributed by atoms with Gasteiger partial charge in [-0.25, -0.2) is 9.18 Å². The van der Waals surface area contributed by atoms with Gasteiger partial charge in [-0.05, 0) is 62.4 Å². The SMILES string of the molecule is Cc1oc2cc3oc(=O)c(CCC(=O)NCCc4ccccc4F)c(C)c3cc2c1C. The van der Waals surface area contributed by atoms with Gasteiger partial charge in [-0.1, -0.05) is 18.2 Å². The predicted octanol–water partition coefficient (Wildman–Crippen LogP) is 4.90. The molecule has 0 aliphatic heterocycles. The number of hydrogen-bond donors (Lipinski definition) is 1. The van der Waals surface area contributed by atoms with Gasteiger partial charge in [0.2, 0.25) is 5.91 Å². The Morgan fingerprint density at radius 2 is 1.68 bits per heavy atom. The molecule has 0 spiro atoms. The van der Waals surface area contributed by atoms with Crippen LogP contribution in [0.1, 0.15) is 34.4 Å². The maximum Gasteiger partial charge on any atom is 0.339 e. The molecule has 0 bridgehead atoms. The zero-order valence-corrected chi connectivity index (χ0v) is 17.8. The first-order valence-electron chi connectivity index (χ1n) is 10.3. The van der Waals surface area contributed by atoms with Crippen molar-refractivity contribution in [2.45, 2.75) is 40.0 Å². The lowest BCUT2D eigenvalue weighted by atomic mass is 10.0. The van der Waals surface area contributed by atoms with Crippen molar-refractivity contribution in [3.05, 3.63) is 80.6 Å². The zero-order valence-electron chi connectivity index (χ0n) is 17.8. The summed E-state index contributed by atoms with van der Waals surface area (Å²) in [7, 11) is 0. The van der Waals surface area contributed by atoms with Crippen LogP contribution in [0.5, 0.6) is 0 Å². The molecule has 0 atom stereocenters. The van der Waals surface area contributed by atoms with E-state index in [1.807, 2.05) is 26.8 Å². The largest absolute Gasteiger partial charge is 0.461 e. The topological polar surface area (TPSA) is 72.5 Å². The standard InChI is InChI=1S/C25H24FNO4/c1-14-16(3)30-22-13-23-20(12-19(14)22)15(2)18(25(29)31-23)8-9-24(28)27-11-10-17-6-4-5-7-21(17)26/h4-7,12-13H,8-11H2,1-3H3,(H,27,28). The van der Waals surface area contributed by atoms with Crippen LogP contribution in [0.25, 0.3) is 21.9 Å². The van der Waals surface area contributed by atoms with Gasteiger partial charge in [0.25, 0.3) is 0 Å². The highest BCUT2D eigenvalue weighted by atomic mass is 19.1. The molecule has 2 heterocycles. The zero-order chi connectivity index (χ0) is 22.1. The summed E-state index contributed by atoms with van der Waals surface area (Å²) in [6.45, 7) is 6.11. The summed E-state index contributed by atoms with van der Waals surface area (Å²) >= 11 is 0. The summed E-state index contributed by atoms with van der Waals surface area (Å²) in [5, 5.41) is 4.61. The molecule has 2 aromatic carbocycles. The van der Waals surface area contributed by atoms with E-state index in [0.717, 1.165) is 27.7 Å². The molecule has 0 unspecified atom stereocenters. The van der Waals surface area contributed by atoms with Crippen molar-refractivity contribution in [2.24, 2.45) is 0 Å². The molecule has 2 aromatic heterocycles. The van der Waals surface area contributed by atoms with Gasteiger partial charge in [-0.2, -0.15) is 0 Å². The molecule has 31 heavy (non-hydrogen) atoms. The minimum Gasteiger partial charge on any atom is -0.461 e. The Balaban J connectivity index is 1.48. The first-order chi connectivity index (χ1) is 14.8. The van der Waals surface area contributed by atoms with Crippen molar-refractivity contribution in [1.82, 2.24) is 5.32 Å². The fraction of sp³-hybridized carbons (Fsp3) is 0.280. The van der Waals surface area contributed by atoms with Gasteiger partial charge in [0.15, 0.2) is 0 Å². The Morgan fingerprint density at radius 1 is 0.968 bits per heavy atom. The van der Waals surface area contributed by atoms with Gasteiger partial charge in [0, 0.05) is 35.4 Å². The second-order valence-electron chi connectivity index (χ2n) is 7.81. The van der Waals surface area contributed by atoms with Gasteiger partial charge < -0.3 is 14.2 Å². The molecule has 5 nitrogen and oxygen atoms in total. The molecular weight excluding hydrogens is 397 g/mol. The van der Waals surface area contributed by atoms with E-state index in [9.17, 15) is 14.0 Å². The van der Waals surface area contributed by atoms with Gasteiger partial charge in [0.05, 0.1) is 0 Å². The highest BCUT2D eigenvalue weighted by molar-refractivity contribution is 5.96. The molecule has 160 valence electrons. The Labute approximate surface area is 178 Å². The Hall–Kier alpha value is -3.41. The molecular formula is C25H24FNO4. The summed E-state index contributed by atoms with van der Waals surface area (Å²) in [5.41, 5.74) is 3.64. The van der Waals surface area contributed by atoms with Crippen LogP contribution in [0.2, 0.25) is 0 Å². The van der Waals surface area contributed by atoms with Crippen LogP contribution in [0.15, 0.2) is 50.0 Å². The maximum absolute atomic E-state index is 13.7. The number of carbonyl (C=O) groups is 1. The molecule has 6 heteroatoms. The maximum atomic E-state index is 13.7. The van der Waals surface area contributed by atoms with Gasteiger partial charge in [0.1, 0.15) is 22.7 Å². The van der Waals surface area contributed by atoms with Crippen LogP contribution in [-0.4, -0.2) is 12.5 Å². The van der Waals surface area contributed by atoms with Crippen molar-refractivity contribution >= 4 is 27.8 Å². The van der Waals surface area contributed by atoms with Crippen molar-refractivity contribution in [3.63, 3.8) is 0 Å². The molecule has 4 aromatic rings. The molecule has 1 N–H and O–H groups in total. The van der Waals surface area contributed by atoms with E-state index in [1.165, 1.54) is 6.07 Å². The van der Waals surface area contributed by atoms with Crippen LogP contribution in [0.3, 0.4) is 0 Å². The van der Waals surface area contributed by atoms with E-state index >= 15 is 0 Å². The number of hydrogen-bond acceptors (Lipinski definition) is 4. The third-order valence-electron chi connectivity index (χ3n) is 5.86. The predicted molar refractivity (Wildman–Crippen MR) is 118 cm³/mol. The van der Waals surface area contributed by atoms with Crippen LogP contribution >= 0.6 is 0 Å². The quantitative estimate of drug-likeness (QED) is 0.450. The van der Waals surface area contributed by atoms with Crippen LogP contribution < -0.4 is 10.9 Å². The summed E-state index contributed by atoms with van der Waals surface area (Å²) in [4.78, 5) is 24.8. The number of furan rings is 1. The summed E-state index contributed by atoms with van der Waals surface area (Å²) in [6.07, 6.45) is 0.840. The number of carbonyl (C=O) groups excluding carboxylic acids is 1. The third-order valence-corrected chi connectivity index (χ3v) is 5.86. The van der Waals surface area contributed by atoms with E-state index < -0.39 is 5.63 Å². The summed E-state index contributed by atoms with van der Waals surface area (Å²) < 4.78 is 24.9. The fourth-order valence-corrected chi connectivity index (χ4v) is 3.88. The Kier molecular flexibility index (Phi) is 5.63. The number of fused-ring (bicyclic) bond motifs is 2. The van der Waals surface area contributed by atoms with E-state index in [2.05, 4.69) is 5.32 Å². The van der Waals surface area contributed by atoms with E-state index in [-0.39, 0.29) is 24.6 Å². The van der Waals surface area contributed by atoms with Gasteiger partial charge in [-0.15, -0.1) is 0 Å². The van der Waals surface area contributed by atoms with Gasteiger partial charge >= 0.3 is 5.63 Å². The van der Waals surface area contributed by atoms with E-state index in [1.54, 1.807) is 24.3 Å². The monoisotopic (exact) mass is 421 g/mol. The highest BCUT2D eigenvalue weighted by Crippen LogP contribution is 2.31. The number of benzene rings is 2. The van der Waals surface area contributed by atoms with Crippen LogP contribution in [0, 0.1) is 26.6 Å². The van der Waals surface area contributed by atoms with E-state index in [4.69, 9.17) is 8.83 Å². The lowest BCUT2D eigenvalue weighted by molar-refractivity contribution is -0.121. The van der Waals surface area contributed by atoms with Crippen molar-refractivity contribution < 1.29 is 18.0 Å². The second kappa shape index (κ2) is 8.38. The second-order valence-corrected chi connectivity index (χ2v) is 7.81. The molecule has 0 saturated heterocycles. The first-order valence-corrected chi connectivity index (χ1v) is 10.3. The lowest BCUT2D eigenvalue weighted by Gasteiger charge is -2.09. The fourth-order valence-electron chi connectivity index (χ4n) is 3.88. The van der Waals surface area contributed by atoms with Crippen LogP contribution in [-0.2, 0) is 17.6 Å². The number of rotatable bonds is 6. The molecule has 0 aliphatic carbocycles. The molecule has 0 saturated carbocycles. The average Bonchev–Trinajstić information content (AvgIpc) is 3.01. The molecule has 1 amide bonds. The number of amides is 1. The lowest BCUT2D eigenvalue weighted by Crippen LogP contribution is -2.26. The minimum atomic E-state index is -0.441.